The first-order valence-corrected chi connectivity index (χ1v) is 16.8. The van der Waals surface area contributed by atoms with Gasteiger partial charge in [-0.15, -0.1) is 5.10 Å². The zero-order valence-electron chi connectivity index (χ0n) is 27.2. The lowest BCUT2D eigenvalue weighted by Gasteiger charge is -2.23. The van der Waals surface area contributed by atoms with Crippen LogP contribution in [-0.4, -0.2) is 53.8 Å². The predicted molar refractivity (Wildman–Crippen MR) is 169 cm³/mol. The molecule has 0 aliphatic carbocycles. The smallest absolute Gasteiger partial charge is 0.308 e. The van der Waals surface area contributed by atoms with Gasteiger partial charge in [-0.3, -0.25) is 4.98 Å². The van der Waals surface area contributed by atoms with Crippen molar-refractivity contribution in [1.82, 2.24) is 24.9 Å². The number of halogens is 2. The Morgan fingerprint density at radius 1 is 1.11 bits per heavy atom. The molecule has 0 atom stereocenters. The van der Waals surface area contributed by atoms with Gasteiger partial charge < -0.3 is 14.0 Å². The number of pyridine rings is 1. The first-order chi connectivity index (χ1) is 22.0. The van der Waals surface area contributed by atoms with Gasteiger partial charge >= 0.3 is 5.92 Å². The number of hydrogen-bond acceptors (Lipinski definition) is 9. The molecule has 1 aromatic carbocycles. The van der Waals surface area contributed by atoms with Gasteiger partial charge in [-0.25, -0.2) is 22.4 Å². The van der Waals surface area contributed by atoms with E-state index in [4.69, 9.17) is 14.0 Å². The monoisotopic (exact) mass is 660 g/mol. The van der Waals surface area contributed by atoms with E-state index in [1.807, 2.05) is 26.0 Å². The molecule has 0 radical (unpaired) electrons. The number of sulfonamides is 1. The molecule has 0 saturated heterocycles. The van der Waals surface area contributed by atoms with E-state index in [9.17, 15) is 17.2 Å². The van der Waals surface area contributed by atoms with Crippen molar-refractivity contribution in [2.45, 2.75) is 90.7 Å². The summed E-state index contributed by atoms with van der Waals surface area (Å²) >= 11 is 0. The summed E-state index contributed by atoms with van der Waals surface area (Å²) < 4.78 is 76.9. The standard InChI is InChI=1S/C32H42F2N6O5S/c1-7-10-13-28-36-31(32(33,34)16-8-2)37-39(28)19-24-14-15-26(25(18-24)20-44-9-3)29-27(12-11-17-35-29)46(41,42)40(21-43-6)30-22(4)23(5)38-45-30/h11-12,14-15,17-18H,7-10,13,16,19-21H2,1-6H3. The summed E-state index contributed by atoms with van der Waals surface area (Å²) in [6.45, 7) is 9.51. The van der Waals surface area contributed by atoms with Crippen molar-refractivity contribution in [3.8, 4) is 11.3 Å². The topological polar surface area (TPSA) is 125 Å². The lowest BCUT2D eigenvalue weighted by atomic mass is 10.0. The third-order valence-corrected chi connectivity index (χ3v) is 9.29. The minimum atomic E-state index is -4.25. The predicted octanol–water partition coefficient (Wildman–Crippen LogP) is 6.56. The number of benzene rings is 1. The third-order valence-electron chi connectivity index (χ3n) is 7.56. The van der Waals surface area contributed by atoms with Crippen LogP contribution in [0.2, 0.25) is 0 Å². The summed E-state index contributed by atoms with van der Waals surface area (Å²) in [5.41, 5.74) is 3.31. The number of aromatic nitrogens is 5. The molecule has 0 bridgehead atoms. The third kappa shape index (κ3) is 7.61. The summed E-state index contributed by atoms with van der Waals surface area (Å²) in [5, 5.41) is 8.17. The van der Waals surface area contributed by atoms with E-state index in [1.54, 1.807) is 32.9 Å². The van der Waals surface area contributed by atoms with Crippen molar-refractivity contribution in [2.75, 3.05) is 24.8 Å². The largest absolute Gasteiger partial charge is 0.377 e. The first kappa shape index (κ1) is 35.1. The average molecular weight is 661 g/mol. The maximum absolute atomic E-state index is 14.8. The van der Waals surface area contributed by atoms with Gasteiger partial charge in [0.15, 0.2) is 0 Å². The van der Waals surface area contributed by atoms with Crippen molar-refractivity contribution in [3.63, 3.8) is 0 Å². The van der Waals surface area contributed by atoms with Crippen LogP contribution < -0.4 is 4.31 Å². The Kier molecular flexibility index (Phi) is 11.6. The molecule has 250 valence electrons. The summed E-state index contributed by atoms with van der Waals surface area (Å²) in [4.78, 5) is 8.68. The summed E-state index contributed by atoms with van der Waals surface area (Å²) in [7, 11) is -2.86. The number of ether oxygens (including phenoxy) is 2. The van der Waals surface area contributed by atoms with Crippen molar-refractivity contribution in [2.24, 2.45) is 0 Å². The van der Waals surface area contributed by atoms with Crippen molar-refractivity contribution >= 4 is 15.9 Å². The highest BCUT2D eigenvalue weighted by Gasteiger charge is 2.36. The molecule has 0 aliphatic rings. The Hall–Kier alpha value is -3.75. The maximum Gasteiger partial charge on any atom is 0.308 e. The zero-order chi connectivity index (χ0) is 33.5. The molecule has 0 amide bonds. The van der Waals surface area contributed by atoms with E-state index in [-0.39, 0.29) is 42.8 Å². The highest BCUT2D eigenvalue weighted by Crippen LogP contribution is 2.35. The molecule has 0 N–H and O–H groups in total. The van der Waals surface area contributed by atoms with Gasteiger partial charge in [-0.2, -0.15) is 8.78 Å². The molecule has 4 aromatic rings. The van der Waals surface area contributed by atoms with E-state index in [1.165, 1.54) is 24.1 Å². The lowest BCUT2D eigenvalue weighted by molar-refractivity contribution is -0.0232. The lowest BCUT2D eigenvalue weighted by Crippen LogP contribution is -2.33. The van der Waals surface area contributed by atoms with E-state index in [2.05, 4.69) is 20.2 Å². The molecular weight excluding hydrogens is 618 g/mol. The molecule has 0 aliphatic heterocycles. The van der Waals surface area contributed by atoms with Crippen LogP contribution >= 0.6 is 0 Å². The molecule has 3 aromatic heterocycles. The number of unbranched alkanes of at least 4 members (excludes halogenated alkanes) is 1. The molecule has 46 heavy (non-hydrogen) atoms. The summed E-state index contributed by atoms with van der Waals surface area (Å²) in [6.07, 6.45) is 3.69. The van der Waals surface area contributed by atoms with Crippen LogP contribution in [0.5, 0.6) is 0 Å². The number of hydrogen-bond donors (Lipinski definition) is 0. The molecule has 0 fully saturated rings. The van der Waals surface area contributed by atoms with Crippen molar-refractivity contribution < 1.29 is 31.2 Å². The summed E-state index contributed by atoms with van der Waals surface area (Å²) in [5.74, 6) is -3.04. The average Bonchev–Trinajstić information content (AvgIpc) is 3.60. The van der Waals surface area contributed by atoms with Crippen LogP contribution in [0, 0.1) is 13.8 Å². The van der Waals surface area contributed by atoms with Crippen molar-refractivity contribution in [3.05, 3.63) is 70.6 Å². The number of nitrogens with zero attached hydrogens (tertiary/aromatic N) is 6. The Morgan fingerprint density at radius 3 is 2.54 bits per heavy atom. The highest BCUT2D eigenvalue weighted by atomic mass is 32.2. The minimum absolute atomic E-state index is 0.0506. The normalized spacial score (nSPS) is 12.2. The number of anilines is 1. The Balaban J connectivity index is 1.78. The van der Waals surface area contributed by atoms with Gasteiger partial charge in [0.25, 0.3) is 10.0 Å². The van der Waals surface area contributed by atoms with Crippen LogP contribution in [0.4, 0.5) is 14.7 Å². The van der Waals surface area contributed by atoms with Gasteiger partial charge in [0.05, 0.1) is 24.5 Å². The van der Waals surface area contributed by atoms with E-state index in [0.29, 0.717) is 47.7 Å². The second-order valence-corrected chi connectivity index (χ2v) is 12.8. The molecule has 0 unspecified atom stereocenters. The molecule has 0 saturated carbocycles. The van der Waals surface area contributed by atoms with Gasteiger partial charge in [0.1, 0.15) is 17.5 Å². The SMILES string of the molecule is CCCCc1nc(C(F)(F)CCC)nn1Cc1ccc(-c2ncccc2S(=O)(=O)N(COC)c2onc(C)c2C)c(COCC)c1. The number of aryl methyl sites for hydroxylation is 2. The second-order valence-electron chi connectivity index (χ2n) is 11.0. The van der Waals surface area contributed by atoms with Crippen LogP contribution in [0.3, 0.4) is 0 Å². The molecule has 14 heteroatoms. The van der Waals surface area contributed by atoms with Crippen LogP contribution in [0.15, 0.2) is 45.9 Å². The first-order valence-electron chi connectivity index (χ1n) is 15.4. The van der Waals surface area contributed by atoms with E-state index in [0.717, 1.165) is 22.7 Å². The van der Waals surface area contributed by atoms with Gasteiger partial charge in [0.2, 0.25) is 11.7 Å². The fourth-order valence-corrected chi connectivity index (χ4v) is 6.52. The zero-order valence-corrected chi connectivity index (χ0v) is 28.0. The van der Waals surface area contributed by atoms with Gasteiger partial charge in [-0.1, -0.05) is 43.6 Å². The van der Waals surface area contributed by atoms with Crippen molar-refractivity contribution in [1.29, 1.82) is 0 Å². The number of alkyl halides is 2. The molecule has 3 heterocycles. The Morgan fingerprint density at radius 2 is 1.89 bits per heavy atom. The highest BCUT2D eigenvalue weighted by molar-refractivity contribution is 7.93. The minimum Gasteiger partial charge on any atom is -0.377 e. The number of rotatable bonds is 17. The van der Waals surface area contributed by atoms with Gasteiger partial charge in [0, 0.05) is 43.9 Å². The quantitative estimate of drug-likeness (QED) is 0.116. The van der Waals surface area contributed by atoms with E-state index < -0.39 is 21.8 Å². The van der Waals surface area contributed by atoms with Gasteiger partial charge in [-0.05, 0) is 56.9 Å². The molecule has 4 rings (SSSR count). The Labute approximate surface area is 269 Å². The fourth-order valence-electron chi connectivity index (χ4n) is 4.99. The van der Waals surface area contributed by atoms with Crippen LogP contribution in [-0.2, 0) is 45.0 Å². The molecular formula is C32H42F2N6O5S. The molecule has 0 spiro atoms. The molecule has 11 nitrogen and oxygen atoms in total. The van der Waals surface area contributed by atoms with Crippen LogP contribution in [0.1, 0.15) is 80.5 Å². The fraction of sp³-hybridized carbons (Fsp3) is 0.500. The maximum atomic E-state index is 14.8. The second kappa shape index (κ2) is 15.2. The Bertz CT molecular complexity index is 1720. The summed E-state index contributed by atoms with van der Waals surface area (Å²) in [6, 6.07) is 8.46. The van der Waals surface area contributed by atoms with E-state index >= 15 is 0 Å². The van der Waals surface area contributed by atoms with Crippen LogP contribution in [0.25, 0.3) is 11.3 Å². The number of methoxy groups -OCH3 is 1.